The number of piperidine rings is 1. The normalized spacial score (nSPS) is 27.1. The second-order valence-corrected chi connectivity index (χ2v) is 7.95. The molecule has 0 spiro atoms. The summed E-state index contributed by atoms with van der Waals surface area (Å²) >= 11 is 1.44. The lowest BCUT2D eigenvalue weighted by Crippen LogP contribution is -2.45. The second kappa shape index (κ2) is 6.70. The molecule has 1 N–H and O–H groups in total. The Morgan fingerprint density at radius 2 is 2.08 bits per heavy atom. The molecule has 0 bridgehead atoms. The Morgan fingerprint density at radius 1 is 1.25 bits per heavy atom. The first-order valence-corrected chi connectivity index (χ1v) is 9.86. The van der Waals surface area contributed by atoms with Crippen molar-refractivity contribution < 1.29 is 9.59 Å². The van der Waals surface area contributed by atoms with Crippen LogP contribution < -0.4 is 10.2 Å². The molecule has 2 aliphatic heterocycles. The van der Waals surface area contributed by atoms with E-state index in [4.69, 9.17) is 0 Å². The maximum Gasteiger partial charge on any atom is 0.323 e. The van der Waals surface area contributed by atoms with Gasteiger partial charge in [-0.15, -0.1) is 11.3 Å². The van der Waals surface area contributed by atoms with Crippen LogP contribution in [0.1, 0.15) is 37.8 Å². The van der Waals surface area contributed by atoms with Crippen LogP contribution >= 0.6 is 11.3 Å². The molecule has 3 heterocycles. The van der Waals surface area contributed by atoms with Crippen LogP contribution in [0.15, 0.2) is 5.38 Å². The van der Waals surface area contributed by atoms with Crippen molar-refractivity contribution in [2.75, 3.05) is 31.1 Å². The van der Waals surface area contributed by atoms with E-state index in [1.165, 1.54) is 37.0 Å². The lowest BCUT2D eigenvalue weighted by Gasteiger charge is -2.41. The number of amides is 3. The summed E-state index contributed by atoms with van der Waals surface area (Å²) in [5.41, 5.74) is 0.783. The van der Waals surface area contributed by atoms with Gasteiger partial charge in [0.25, 0.3) is 0 Å². The molecule has 1 aromatic rings. The van der Waals surface area contributed by atoms with Crippen LogP contribution in [-0.4, -0.2) is 48.0 Å². The minimum absolute atomic E-state index is 0.0957. The molecule has 0 unspecified atom stereocenters. The minimum atomic E-state index is -0.0957. The van der Waals surface area contributed by atoms with Crippen LogP contribution in [0.3, 0.4) is 0 Å². The van der Waals surface area contributed by atoms with Gasteiger partial charge in [-0.2, -0.15) is 0 Å². The van der Waals surface area contributed by atoms with Crippen LogP contribution in [0.4, 0.5) is 9.93 Å². The molecule has 3 aliphatic rings. The lowest BCUT2D eigenvalue weighted by atomic mass is 9.75. The van der Waals surface area contributed by atoms with E-state index in [1.807, 2.05) is 10.3 Å². The molecule has 0 aromatic carbocycles. The molecule has 2 atom stereocenters. The third-order valence-corrected chi connectivity index (χ3v) is 6.52. The molecule has 1 aliphatic carbocycles. The number of nitrogens with one attached hydrogen (secondary N) is 1. The number of urea groups is 1. The van der Waals surface area contributed by atoms with Gasteiger partial charge in [0.1, 0.15) is 0 Å². The monoisotopic (exact) mass is 348 g/mol. The highest BCUT2D eigenvalue weighted by Gasteiger charge is 2.33. The lowest BCUT2D eigenvalue weighted by molar-refractivity contribution is -0.133. The minimum Gasteiger partial charge on any atom is -0.342 e. The molecule has 4 rings (SSSR count). The molecule has 2 saturated heterocycles. The number of thiazole rings is 1. The number of carbonyl (C=O) groups is 2. The molecule has 24 heavy (non-hydrogen) atoms. The largest absolute Gasteiger partial charge is 0.342 e. The van der Waals surface area contributed by atoms with Crippen molar-refractivity contribution in [3.05, 3.63) is 11.1 Å². The molecule has 130 valence electrons. The Morgan fingerprint density at radius 3 is 2.88 bits per heavy atom. The summed E-state index contributed by atoms with van der Waals surface area (Å²) in [4.78, 5) is 32.5. The zero-order valence-corrected chi connectivity index (χ0v) is 14.7. The van der Waals surface area contributed by atoms with Crippen molar-refractivity contribution >= 4 is 28.4 Å². The Kier molecular flexibility index (Phi) is 4.43. The fourth-order valence-electron chi connectivity index (χ4n) is 4.25. The maximum atomic E-state index is 12.6. The topological polar surface area (TPSA) is 65.5 Å². The van der Waals surface area contributed by atoms with Crippen molar-refractivity contribution in [1.29, 1.82) is 0 Å². The summed E-state index contributed by atoms with van der Waals surface area (Å²) < 4.78 is 0. The number of aromatic nitrogens is 1. The first-order valence-electron chi connectivity index (χ1n) is 8.98. The number of nitrogens with zero attached hydrogens (tertiary/aromatic N) is 3. The smallest absolute Gasteiger partial charge is 0.323 e. The predicted molar refractivity (Wildman–Crippen MR) is 93.2 cm³/mol. The number of rotatable bonds is 3. The summed E-state index contributed by atoms with van der Waals surface area (Å²) in [6, 6.07) is -0.0957. The summed E-state index contributed by atoms with van der Waals surface area (Å²) in [7, 11) is 0. The second-order valence-electron chi connectivity index (χ2n) is 7.11. The van der Waals surface area contributed by atoms with Crippen molar-refractivity contribution in [3.8, 4) is 0 Å². The SMILES string of the molecule is O=C(Cc1csc(N2CCNC2=O)n1)N1CC[C@@H]2CCCC[C@H]2C1. The summed E-state index contributed by atoms with van der Waals surface area (Å²) in [5, 5.41) is 5.38. The van der Waals surface area contributed by atoms with Crippen LogP contribution in [-0.2, 0) is 11.2 Å². The molecule has 6 nitrogen and oxygen atoms in total. The van der Waals surface area contributed by atoms with Gasteiger partial charge in [0, 0.05) is 31.6 Å². The van der Waals surface area contributed by atoms with E-state index >= 15 is 0 Å². The van der Waals surface area contributed by atoms with E-state index in [2.05, 4.69) is 10.3 Å². The van der Waals surface area contributed by atoms with E-state index < -0.39 is 0 Å². The van der Waals surface area contributed by atoms with E-state index in [9.17, 15) is 9.59 Å². The van der Waals surface area contributed by atoms with E-state index in [0.717, 1.165) is 31.1 Å². The summed E-state index contributed by atoms with van der Waals surface area (Å²) in [5.74, 6) is 1.72. The fraction of sp³-hybridized carbons (Fsp3) is 0.706. The average Bonchev–Trinajstić information content (AvgIpc) is 3.23. The van der Waals surface area contributed by atoms with Gasteiger partial charge >= 0.3 is 6.03 Å². The maximum absolute atomic E-state index is 12.6. The van der Waals surface area contributed by atoms with Crippen LogP contribution in [0.5, 0.6) is 0 Å². The van der Waals surface area contributed by atoms with Gasteiger partial charge in [-0.25, -0.2) is 9.78 Å². The molecule has 1 saturated carbocycles. The van der Waals surface area contributed by atoms with Crippen LogP contribution in [0.25, 0.3) is 0 Å². The fourth-order valence-corrected chi connectivity index (χ4v) is 5.10. The van der Waals surface area contributed by atoms with Crippen molar-refractivity contribution in [3.63, 3.8) is 0 Å². The third-order valence-electron chi connectivity index (χ3n) is 5.60. The molecule has 3 amide bonds. The molecule has 1 aromatic heterocycles. The molecular weight excluding hydrogens is 324 g/mol. The van der Waals surface area contributed by atoms with E-state index in [-0.39, 0.29) is 11.9 Å². The zero-order valence-electron chi connectivity index (χ0n) is 13.9. The molecule has 7 heteroatoms. The van der Waals surface area contributed by atoms with Gasteiger partial charge in [0.15, 0.2) is 5.13 Å². The van der Waals surface area contributed by atoms with E-state index in [0.29, 0.717) is 30.6 Å². The van der Waals surface area contributed by atoms with E-state index in [1.54, 1.807) is 4.90 Å². The quantitative estimate of drug-likeness (QED) is 0.911. The Balaban J connectivity index is 1.36. The Hall–Kier alpha value is -1.63. The Labute approximate surface area is 146 Å². The van der Waals surface area contributed by atoms with Crippen molar-refractivity contribution in [1.82, 2.24) is 15.2 Å². The molecule has 0 radical (unpaired) electrons. The Bertz CT molecular complexity index is 632. The number of anilines is 1. The third kappa shape index (κ3) is 3.14. The standard InChI is InChI=1S/C17H24N4O2S/c22-15(20-7-5-12-3-1-2-4-13(12)10-20)9-14-11-24-17(19-14)21-8-6-18-16(21)23/h11-13H,1-10H2,(H,18,23)/t12-,13-/m0/s1. The van der Waals surface area contributed by atoms with Gasteiger partial charge in [-0.3, -0.25) is 9.69 Å². The number of hydrogen-bond acceptors (Lipinski definition) is 4. The highest BCUT2D eigenvalue weighted by molar-refractivity contribution is 7.14. The summed E-state index contributed by atoms with van der Waals surface area (Å²) in [6.07, 6.45) is 6.81. The van der Waals surface area contributed by atoms with Gasteiger partial charge in [0.05, 0.1) is 12.1 Å². The van der Waals surface area contributed by atoms with Crippen LogP contribution in [0.2, 0.25) is 0 Å². The number of hydrogen-bond donors (Lipinski definition) is 1. The molecule has 3 fully saturated rings. The zero-order chi connectivity index (χ0) is 16.5. The molecular formula is C17H24N4O2S. The number of likely N-dealkylation sites (tertiary alicyclic amines) is 1. The van der Waals surface area contributed by atoms with Crippen LogP contribution in [0, 0.1) is 11.8 Å². The predicted octanol–water partition coefficient (Wildman–Crippen LogP) is 2.25. The van der Waals surface area contributed by atoms with Gasteiger partial charge < -0.3 is 10.2 Å². The highest BCUT2D eigenvalue weighted by Crippen LogP contribution is 2.36. The van der Waals surface area contributed by atoms with Crippen molar-refractivity contribution in [2.24, 2.45) is 11.8 Å². The number of fused-ring (bicyclic) bond motifs is 1. The first-order chi connectivity index (χ1) is 11.7. The average molecular weight is 348 g/mol. The van der Waals surface area contributed by atoms with Gasteiger partial charge in [-0.1, -0.05) is 19.3 Å². The summed E-state index contributed by atoms with van der Waals surface area (Å²) in [6.45, 7) is 3.12. The highest BCUT2D eigenvalue weighted by atomic mass is 32.1. The first kappa shape index (κ1) is 15.9. The number of carbonyl (C=O) groups excluding carboxylic acids is 2. The van der Waals surface area contributed by atoms with Gasteiger partial charge in [-0.05, 0) is 24.7 Å². The van der Waals surface area contributed by atoms with Gasteiger partial charge in [0.2, 0.25) is 5.91 Å². The van der Waals surface area contributed by atoms with Crippen molar-refractivity contribution in [2.45, 2.75) is 38.5 Å².